The molecule has 2 heteroatoms. The average Bonchev–Trinajstić information content (AvgIpc) is 3.13. The quantitative estimate of drug-likeness (QED) is 0.346. The van der Waals surface area contributed by atoms with Gasteiger partial charge in [-0.3, -0.25) is 4.79 Å². The number of rotatable bonds is 0. The van der Waals surface area contributed by atoms with E-state index in [1.54, 1.807) is 0 Å². The molecule has 0 spiro atoms. The highest BCUT2D eigenvalue weighted by Gasteiger charge is 2.21. The van der Waals surface area contributed by atoms with Gasteiger partial charge >= 0.3 is 0 Å². The van der Waals surface area contributed by atoms with Crippen molar-refractivity contribution in [2.75, 3.05) is 0 Å². The van der Waals surface area contributed by atoms with Crippen LogP contribution in [0.3, 0.4) is 0 Å². The Balaban J connectivity index is 0.000000123. The van der Waals surface area contributed by atoms with Crippen molar-refractivity contribution in [3.63, 3.8) is 0 Å². The molecular formula is C26H19NO. The fourth-order valence-corrected chi connectivity index (χ4v) is 3.94. The van der Waals surface area contributed by atoms with Gasteiger partial charge in [0.15, 0.2) is 5.78 Å². The smallest absolute Gasteiger partial charge is 0.193 e. The Morgan fingerprint density at radius 3 is 1.50 bits per heavy atom. The lowest BCUT2D eigenvalue weighted by atomic mass is 9.85. The van der Waals surface area contributed by atoms with Crippen molar-refractivity contribution in [2.45, 2.75) is 6.42 Å². The lowest BCUT2D eigenvalue weighted by Gasteiger charge is -2.17. The fraction of sp³-hybridized carbons (Fsp3) is 0.0385. The Labute approximate surface area is 163 Å². The minimum absolute atomic E-state index is 0.160. The summed E-state index contributed by atoms with van der Waals surface area (Å²) in [4.78, 5) is 15.5. The Morgan fingerprint density at radius 1 is 0.536 bits per heavy atom. The molecule has 1 aliphatic carbocycles. The number of aromatic amines is 1. The van der Waals surface area contributed by atoms with Gasteiger partial charge in [0.05, 0.1) is 0 Å². The zero-order chi connectivity index (χ0) is 18.9. The number of aromatic nitrogens is 1. The number of carbonyl (C=O) groups excluding carboxylic acids is 1. The predicted octanol–water partition coefficient (Wildman–Crippen LogP) is 6.14. The maximum absolute atomic E-state index is 12.1. The zero-order valence-corrected chi connectivity index (χ0v) is 15.4. The first-order valence-corrected chi connectivity index (χ1v) is 9.47. The first-order valence-electron chi connectivity index (χ1n) is 9.47. The second-order valence-electron chi connectivity index (χ2n) is 7.04. The van der Waals surface area contributed by atoms with E-state index < -0.39 is 0 Å². The van der Waals surface area contributed by atoms with Gasteiger partial charge in [-0.05, 0) is 29.7 Å². The standard InChI is InChI=1S/C14H10O.C12H9N/c15-14-12-7-3-1-5-10(12)9-11-6-2-4-8-13(11)14;1-3-7-11-9(5-1)10-6-2-4-8-12(10)13-11/h1-8H,9H2;1-8,13H. The molecule has 1 heterocycles. The minimum Gasteiger partial charge on any atom is -0.355 e. The Kier molecular flexibility index (Phi) is 4.02. The van der Waals surface area contributed by atoms with Gasteiger partial charge in [-0.2, -0.15) is 0 Å². The lowest BCUT2D eigenvalue weighted by Crippen LogP contribution is -2.14. The number of carbonyl (C=O) groups is 1. The zero-order valence-electron chi connectivity index (χ0n) is 15.4. The van der Waals surface area contributed by atoms with Crippen LogP contribution in [0.5, 0.6) is 0 Å². The van der Waals surface area contributed by atoms with Crippen LogP contribution in [0.4, 0.5) is 0 Å². The van der Waals surface area contributed by atoms with E-state index in [1.807, 2.05) is 48.5 Å². The van der Waals surface area contributed by atoms with Crippen molar-refractivity contribution < 1.29 is 4.79 Å². The second-order valence-corrected chi connectivity index (χ2v) is 7.04. The van der Waals surface area contributed by atoms with Gasteiger partial charge in [0.2, 0.25) is 0 Å². The van der Waals surface area contributed by atoms with Crippen LogP contribution in [-0.2, 0) is 6.42 Å². The van der Waals surface area contributed by atoms with Crippen LogP contribution in [0, 0.1) is 0 Å². The van der Waals surface area contributed by atoms with Gasteiger partial charge < -0.3 is 4.98 Å². The molecule has 0 atom stereocenters. The number of hydrogen-bond donors (Lipinski definition) is 1. The topological polar surface area (TPSA) is 32.9 Å². The normalized spacial score (nSPS) is 12.2. The highest BCUT2D eigenvalue weighted by atomic mass is 16.1. The molecule has 134 valence electrons. The van der Waals surface area contributed by atoms with Crippen molar-refractivity contribution in [3.8, 4) is 0 Å². The number of benzene rings is 4. The molecular weight excluding hydrogens is 342 g/mol. The number of fused-ring (bicyclic) bond motifs is 5. The molecule has 0 aliphatic heterocycles. The average molecular weight is 361 g/mol. The van der Waals surface area contributed by atoms with Gasteiger partial charge in [0, 0.05) is 32.9 Å². The predicted molar refractivity (Wildman–Crippen MR) is 115 cm³/mol. The summed E-state index contributed by atoms with van der Waals surface area (Å²) >= 11 is 0. The summed E-state index contributed by atoms with van der Waals surface area (Å²) in [5.41, 5.74) is 6.42. The molecule has 2 nitrogen and oxygen atoms in total. The van der Waals surface area contributed by atoms with Crippen molar-refractivity contribution >= 4 is 27.6 Å². The highest BCUT2D eigenvalue weighted by molar-refractivity contribution is 6.12. The van der Waals surface area contributed by atoms with Crippen LogP contribution in [0.2, 0.25) is 0 Å². The van der Waals surface area contributed by atoms with Crippen LogP contribution in [0.1, 0.15) is 27.0 Å². The third-order valence-corrected chi connectivity index (χ3v) is 5.32. The molecule has 0 amide bonds. The molecule has 0 bridgehead atoms. The Hall–Kier alpha value is -3.65. The molecule has 0 saturated carbocycles. The first kappa shape index (κ1) is 16.5. The van der Waals surface area contributed by atoms with E-state index in [0.29, 0.717) is 0 Å². The summed E-state index contributed by atoms with van der Waals surface area (Å²) < 4.78 is 0. The van der Waals surface area contributed by atoms with Crippen LogP contribution in [-0.4, -0.2) is 10.8 Å². The van der Waals surface area contributed by atoms with Gasteiger partial charge in [0.1, 0.15) is 0 Å². The molecule has 5 aromatic rings. The summed E-state index contributed by atoms with van der Waals surface area (Å²) in [7, 11) is 0. The summed E-state index contributed by atoms with van der Waals surface area (Å²) in [6.45, 7) is 0. The first-order chi connectivity index (χ1) is 13.8. The molecule has 6 rings (SSSR count). The SMILES string of the molecule is O=C1c2ccccc2Cc2ccccc21.c1ccc2c(c1)[nH]c1ccccc12. The molecule has 1 aromatic heterocycles. The minimum atomic E-state index is 0.160. The summed E-state index contributed by atoms with van der Waals surface area (Å²) in [6.07, 6.45) is 0.873. The van der Waals surface area contributed by atoms with Crippen molar-refractivity contribution in [3.05, 3.63) is 119 Å². The number of hydrogen-bond acceptors (Lipinski definition) is 1. The number of para-hydroxylation sites is 2. The van der Waals surface area contributed by atoms with E-state index in [1.165, 1.54) is 21.8 Å². The summed E-state index contributed by atoms with van der Waals surface area (Å²) in [6, 6.07) is 32.5. The van der Waals surface area contributed by atoms with Gasteiger partial charge in [-0.1, -0.05) is 84.9 Å². The third-order valence-electron chi connectivity index (χ3n) is 5.32. The maximum atomic E-state index is 12.1. The number of H-pyrrole nitrogens is 1. The monoisotopic (exact) mass is 361 g/mol. The molecule has 1 aliphatic rings. The molecule has 0 saturated heterocycles. The van der Waals surface area contributed by atoms with Crippen LogP contribution in [0.15, 0.2) is 97.1 Å². The largest absolute Gasteiger partial charge is 0.355 e. The van der Waals surface area contributed by atoms with Crippen molar-refractivity contribution in [2.24, 2.45) is 0 Å². The number of nitrogens with one attached hydrogen (secondary N) is 1. The van der Waals surface area contributed by atoms with E-state index in [2.05, 4.69) is 53.5 Å². The van der Waals surface area contributed by atoms with E-state index in [-0.39, 0.29) is 5.78 Å². The van der Waals surface area contributed by atoms with Gasteiger partial charge in [0.25, 0.3) is 0 Å². The van der Waals surface area contributed by atoms with Crippen molar-refractivity contribution in [1.29, 1.82) is 0 Å². The second kappa shape index (κ2) is 6.82. The lowest BCUT2D eigenvalue weighted by molar-refractivity contribution is 0.103. The van der Waals surface area contributed by atoms with E-state index in [0.717, 1.165) is 28.7 Å². The fourth-order valence-electron chi connectivity index (χ4n) is 3.94. The molecule has 28 heavy (non-hydrogen) atoms. The van der Waals surface area contributed by atoms with Gasteiger partial charge in [-0.25, -0.2) is 0 Å². The third kappa shape index (κ3) is 2.80. The van der Waals surface area contributed by atoms with Gasteiger partial charge in [-0.15, -0.1) is 0 Å². The number of ketones is 1. The van der Waals surface area contributed by atoms with Crippen molar-refractivity contribution in [1.82, 2.24) is 4.98 Å². The highest BCUT2D eigenvalue weighted by Crippen LogP contribution is 2.26. The van der Waals surface area contributed by atoms with E-state index in [4.69, 9.17) is 0 Å². The van der Waals surface area contributed by atoms with Crippen LogP contribution < -0.4 is 0 Å². The maximum Gasteiger partial charge on any atom is 0.193 e. The molecule has 1 N–H and O–H groups in total. The molecule has 0 unspecified atom stereocenters. The Morgan fingerprint density at radius 2 is 0.964 bits per heavy atom. The summed E-state index contributed by atoms with van der Waals surface area (Å²) in [5, 5.41) is 2.61. The Bertz CT molecular complexity index is 1210. The molecule has 4 aromatic carbocycles. The molecule has 0 fully saturated rings. The van der Waals surface area contributed by atoms with E-state index >= 15 is 0 Å². The van der Waals surface area contributed by atoms with Crippen LogP contribution >= 0.6 is 0 Å². The molecule has 0 radical (unpaired) electrons. The van der Waals surface area contributed by atoms with E-state index in [9.17, 15) is 4.79 Å². The summed E-state index contributed by atoms with van der Waals surface area (Å²) in [5.74, 6) is 0.160. The van der Waals surface area contributed by atoms with Crippen LogP contribution in [0.25, 0.3) is 21.8 Å².